The lowest BCUT2D eigenvalue weighted by atomic mass is 10.3. The van der Waals surface area contributed by atoms with E-state index in [0.29, 0.717) is 5.88 Å². The van der Waals surface area contributed by atoms with Crippen molar-refractivity contribution in [1.29, 1.82) is 0 Å². The molecule has 2 nitrogen and oxygen atoms in total. The van der Waals surface area contributed by atoms with Gasteiger partial charge in [-0.05, 0) is 26.0 Å². The van der Waals surface area contributed by atoms with Crippen molar-refractivity contribution in [2.45, 2.75) is 19.7 Å². The van der Waals surface area contributed by atoms with Crippen molar-refractivity contribution in [2.75, 3.05) is 0 Å². The predicted molar refractivity (Wildman–Crippen MR) is 64.4 cm³/mol. The third-order valence-electron chi connectivity index (χ3n) is 2.17. The van der Waals surface area contributed by atoms with Crippen LogP contribution in [0.25, 0.3) is 10.6 Å². The molecule has 0 radical (unpaired) electrons. The minimum Gasteiger partial charge on any atom is -0.261 e. The first-order valence-corrected chi connectivity index (χ1v) is 6.01. The Labute approximate surface area is 98.0 Å². The van der Waals surface area contributed by atoms with E-state index in [1.807, 2.05) is 32.2 Å². The standard InChI is InChI=1S/C11H11ClN2S/c1-7-3-4-9(6-13-7)11-14-8(2)10(5-12)15-11/h3-4,6H,5H2,1-2H3. The third-order valence-corrected chi connectivity index (χ3v) is 3.80. The van der Waals surface area contributed by atoms with Crippen LogP contribution in [0, 0.1) is 13.8 Å². The van der Waals surface area contributed by atoms with Crippen molar-refractivity contribution in [2.24, 2.45) is 0 Å². The molecule has 0 amide bonds. The Morgan fingerprint density at radius 2 is 2.13 bits per heavy atom. The highest BCUT2D eigenvalue weighted by Gasteiger charge is 2.08. The van der Waals surface area contributed by atoms with Gasteiger partial charge >= 0.3 is 0 Å². The molecule has 0 N–H and O–H groups in total. The Bertz CT molecular complexity index is 462. The predicted octanol–water partition coefficient (Wildman–Crippen LogP) is 3.56. The number of aromatic nitrogens is 2. The molecule has 0 saturated heterocycles. The van der Waals surface area contributed by atoms with E-state index >= 15 is 0 Å². The molecule has 2 aromatic heterocycles. The number of alkyl halides is 1. The highest BCUT2D eigenvalue weighted by atomic mass is 35.5. The molecule has 0 saturated carbocycles. The largest absolute Gasteiger partial charge is 0.261 e. The van der Waals surface area contributed by atoms with Crippen LogP contribution in [0.3, 0.4) is 0 Å². The van der Waals surface area contributed by atoms with Crippen molar-refractivity contribution in [3.05, 3.63) is 34.6 Å². The van der Waals surface area contributed by atoms with Crippen LogP contribution in [0.5, 0.6) is 0 Å². The zero-order valence-corrected chi connectivity index (χ0v) is 10.2. The van der Waals surface area contributed by atoms with Crippen molar-refractivity contribution in [3.8, 4) is 10.6 Å². The van der Waals surface area contributed by atoms with E-state index in [0.717, 1.165) is 26.8 Å². The fourth-order valence-electron chi connectivity index (χ4n) is 1.27. The van der Waals surface area contributed by atoms with Crippen LogP contribution in [0.2, 0.25) is 0 Å². The van der Waals surface area contributed by atoms with Gasteiger partial charge in [0.25, 0.3) is 0 Å². The molecule has 2 heterocycles. The monoisotopic (exact) mass is 238 g/mol. The number of nitrogens with zero attached hydrogens (tertiary/aromatic N) is 2. The second-order valence-corrected chi connectivity index (χ2v) is 4.70. The Kier molecular flexibility index (Phi) is 3.03. The van der Waals surface area contributed by atoms with Gasteiger partial charge in [0, 0.05) is 22.3 Å². The van der Waals surface area contributed by atoms with Gasteiger partial charge in [0.2, 0.25) is 0 Å². The van der Waals surface area contributed by atoms with Gasteiger partial charge in [0.15, 0.2) is 0 Å². The van der Waals surface area contributed by atoms with Crippen LogP contribution < -0.4 is 0 Å². The summed E-state index contributed by atoms with van der Waals surface area (Å²) in [5, 5.41) is 0.996. The highest BCUT2D eigenvalue weighted by Crippen LogP contribution is 2.28. The van der Waals surface area contributed by atoms with Crippen LogP contribution in [0.1, 0.15) is 16.3 Å². The first-order chi connectivity index (χ1) is 7.20. The smallest absolute Gasteiger partial charge is 0.125 e. The van der Waals surface area contributed by atoms with E-state index in [-0.39, 0.29) is 0 Å². The Balaban J connectivity index is 2.41. The molecule has 0 atom stereocenters. The summed E-state index contributed by atoms with van der Waals surface area (Å²) in [6, 6.07) is 4.03. The summed E-state index contributed by atoms with van der Waals surface area (Å²) >= 11 is 7.45. The first kappa shape index (κ1) is 10.6. The molecule has 0 unspecified atom stereocenters. The number of aryl methyl sites for hydroxylation is 2. The van der Waals surface area contributed by atoms with Gasteiger partial charge in [-0.3, -0.25) is 4.98 Å². The van der Waals surface area contributed by atoms with Crippen LogP contribution >= 0.6 is 22.9 Å². The fourth-order valence-corrected chi connectivity index (χ4v) is 2.53. The Morgan fingerprint density at radius 3 is 2.67 bits per heavy atom. The maximum absolute atomic E-state index is 5.81. The van der Waals surface area contributed by atoms with E-state index in [1.165, 1.54) is 0 Å². The van der Waals surface area contributed by atoms with Gasteiger partial charge in [0.05, 0.1) is 11.6 Å². The van der Waals surface area contributed by atoms with E-state index in [4.69, 9.17) is 11.6 Å². The van der Waals surface area contributed by atoms with Crippen molar-refractivity contribution in [1.82, 2.24) is 9.97 Å². The summed E-state index contributed by atoms with van der Waals surface area (Å²) in [5.41, 5.74) is 3.10. The summed E-state index contributed by atoms with van der Waals surface area (Å²) in [5.74, 6) is 0.531. The number of halogens is 1. The zero-order valence-electron chi connectivity index (χ0n) is 8.62. The molecule has 0 spiro atoms. The minimum atomic E-state index is 0.531. The number of hydrogen-bond donors (Lipinski definition) is 0. The highest BCUT2D eigenvalue weighted by molar-refractivity contribution is 7.15. The van der Waals surface area contributed by atoms with E-state index in [1.54, 1.807) is 11.3 Å². The number of thiazole rings is 1. The van der Waals surface area contributed by atoms with Gasteiger partial charge in [-0.2, -0.15) is 0 Å². The Hall–Kier alpha value is -0.930. The molecule has 0 aliphatic heterocycles. The number of pyridine rings is 1. The van der Waals surface area contributed by atoms with Gasteiger partial charge < -0.3 is 0 Å². The van der Waals surface area contributed by atoms with Crippen LogP contribution in [0.15, 0.2) is 18.3 Å². The van der Waals surface area contributed by atoms with Gasteiger partial charge in [-0.1, -0.05) is 0 Å². The van der Waals surface area contributed by atoms with Crippen molar-refractivity contribution >= 4 is 22.9 Å². The third kappa shape index (κ3) is 2.19. The van der Waals surface area contributed by atoms with Crippen LogP contribution in [-0.2, 0) is 5.88 Å². The molecular weight excluding hydrogens is 228 g/mol. The summed E-state index contributed by atoms with van der Waals surface area (Å²) in [6.45, 7) is 3.96. The minimum absolute atomic E-state index is 0.531. The van der Waals surface area contributed by atoms with Gasteiger partial charge in [0.1, 0.15) is 5.01 Å². The zero-order chi connectivity index (χ0) is 10.8. The molecule has 0 fully saturated rings. The molecule has 0 aromatic carbocycles. The average Bonchev–Trinajstić information content (AvgIpc) is 2.61. The molecular formula is C11H11ClN2S. The first-order valence-electron chi connectivity index (χ1n) is 4.66. The van der Waals surface area contributed by atoms with Crippen LogP contribution in [0.4, 0.5) is 0 Å². The second-order valence-electron chi connectivity index (χ2n) is 3.35. The molecule has 2 rings (SSSR count). The lowest BCUT2D eigenvalue weighted by Gasteiger charge is -1.95. The molecule has 78 valence electrons. The maximum Gasteiger partial charge on any atom is 0.125 e. The molecule has 15 heavy (non-hydrogen) atoms. The summed E-state index contributed by atoms with van der Waals surface area (Å²) < 4.78 is 0. The summed E-state index contributed by atoms with van der Waals surface area (Å²) in [4.78, 5) is 9.86. The maximum atomic E-state index is 5.81. The fraction of sp³-hybridized carbons (Fsp3) is 0.273. The number of rotatable bonds is 2. The van der Waals surface area contributed by atoms with E-state index in [2.05, 4.69) is 9.97 Å². The topological polar surface area (TPSA) is 25.8 Å². The molecule has 2 aromatic rings. The lowest BCUT2D eigenvalue weighted by Crippen LogP contribution is -1.82. The molecule has 0 aliphatic carbocycles. The normalized spacial score (nSPS) is 10.6. The SMILES string of the molecule is Cc1ccc(-c2nc(C)c(CCl)s2)cn1. The van der Waals surface area contributed by atoms with Crippen molar-refractivity contribution in [3.63, 3.8) is 0 Å². The van der Waals surface area contributed by atoms with E-state index < -0.39 is 0 Å². The molecule has 0 aliphatic rings. The van der Waals surface area contributed by atoms with E-state index in [9.17, 15) is 0 Å². The summed E-state index contributed by atoms with van der Waals surface area (Å²) in [7, 11) is 0. The van der Waals surface area contributed by atoms with Crippen LogP contribution in [-0.4, -0.2) is 9.97 Å². The number of hydrogen-bond acceptors (Lipinski definition) is 3. The van der Waals surface area contributed by atoms with Gasteiger partial charge in [-0.15, -0.1) is 22.9 Å². The lowest BCUT2D eigenvalue weighted by molar-refractivity contribution is 1.18. The quantitative estimate of drug-likeness (QED) is 0.748. The molecule has 4 heteroatoms. The summed E-state index contributed by atoms with van der Waals surface area (Å²) in [6.07, 6.45) is 1.85. The van der Waals surface area contributed by atoms with Crippen molar-refractivity contribution < 1.29 is 0 Å². The second kappa shape index (κ2) is 4.29. The molecule has 0 bridgehead atoms. The average molecular weight is 239 g/mol. The Morgan fingerprint density at radius 1 is 1.33 bits per heavy atom. The van der Waals surface area contributed by atoms with Gasteiger partial charge in [-0.25, -0.2) is 4.98 Å².